The fraction of sp³-hybridized carbons (Fsp3) is 0.615. The predicted molar refractivity (Wildman–Crippen MR) is 66.9 cm³/mol. The van der Waals surface area contributed by atoms with Gasteiger partial charge in [-0.1, -0.05) is 20.8 Å². The molecule has 0 aliphatic carbocycles. The van der Waals surface area contributed by atoms with Crippen molar-refractivity contribution in [3.8, 4) is 11.6 Å². The molecule has 1 aromatic rings. The summed E-state index contributed by atoms with van der Waals surface area (Å²) < 4.78 is 15.7. The van der Waals surface area contributed by atoms with Gasteiger partial charge in [0.2, 0.25) is 0 Å². The molecule has 1 heterocycles. The Kier molecular flexibility index (Phi) is 4.75. The zero-order chi connectivity index (χ0) is 12.9. The molecule has 0 N–H and O–H groups in total. The average molecular weight is 239 g/mol. The highest BCUT2D eigenvalue weighted by atomic mass is 16.5. The maximum absolute atomic E-state index is 5.52. The van der Waals surface area contributed by atoms with Gasteiger partial charge in [-0.2, -0.15) is 0 Å². The summed E-state index contributed by atoms with van der Waals surface area (Å²) in [6.07, 6.45) is 0. The van der Waals surface area contributed by atoms with Gasteiger partial charge in [-0.25, -0.2) is 4.98 Å². The van der Waals surface area contributed by atoms with Gasteiger partial charge in [0.25, 0.3) is 5.88 Å². The van der Waals surface area contributed by atoms with Crippen molar-refractivity contribution in [1.82, 2.24) is 4.98 Å². The SMILES string of the molecule is COCCOc1ccc(C(C)(C)C)nc1OC. The van der Waals surface area contributed by atoms with Crippen molar-refractivity contribution in [2.24, 2.45) is 0 Å². The van der Waals surface area contributed by atoms with Gasteiger partial charge in [-0.05, 0) is 12.1 Å². The normalized spacial score (nSPS) is 11.4. The van der Waals surface area contributed by atoms with E-state index in [0.717, 1.165) is 5.69 Å². The molecular weight excluding hydrogens is 218 g/mol. The van der Waals surface area contributed by atoms with Crippen LogP contribution in [0.15, 0.2) is 12.1 Å². The van der Waals surface area contributed by atoms with Crippen LogP contribution >= 0.6 is 0 Å². The molecule has 0 bridgehead atoms. The monoisotopic (exact) mass is 239 g/mol. The lowest BCUT2D eigenvalue weighted by atomic mass is 9.92. The molecule has 0 fully saturated rings. The lowest BCUT2D eigenvalue weighted by Gasteiger charge is -2.19. The molecule has 1 rings (SSSR count). The second-order valence-electron chi connectivity index (χ2n) is 4.80. The van der Waals surface area contributed by atoms with E-state index in [9.17, 15) is 0 Å². The Morgan fingerprint density at radius 2 is 1.82 bits per heavy atom. The van der Waals surface area contributed by atoms with Crippen LogP contribution in [0, 0.1) is 0 Å². The molecule has 0 atom stereocenters. The molecule has 17 heavy (non-hydrogen) atoms. The Balaban J connectivity index is 2.86. The van der Waals surface area contributed by atoms with E-state index in [1.165, 1.54) is 0 Å². The number of hydrogen-bond acceptors (Lipinski definition) is 4. The average Bonchev–Trinajstić information content (AvgIpc) is 2.28. The molecule has 0 aliphatic rings. The van der Waals surface area contributed by atoms with E-state index in [2.05, 4.69) is 25.8 Å². The zero-order valence-corrected chi connectivity index (χ0v) is 11.2. The van der Waals surface area contributed by atoms with Gasteiger partial charge in [0, 0.05) is 12.5 Å². The van der Waals surface area contributed by atoms with E-state index in [4.69, 9.17) is 14.2 Å². The molecular formula is C13H21NO3. The van der Waals surface area contributed by atoms with Crippen LogP contribution in [0.5, 0.6) is 11.6 Å². The van der Waals surface area contributed by atoms with Gasteiger partial charge < -0.3 is 14.2 Å². The number of nitrogens with zero attached hydrogens (tertiary/aromatic N) is 1. The minimum absolute atomic E-state index is 0.00165. The van der Waals surface area contributed by atoms with Crippen molar-refractivity contribution in [2.45, 2.75) is 26.2 Å². The van der Waals surface area contributed by atoms with Crippen molar-refractivity contribution in [1.29, 1.82) is 0 Å². The van der Waals surface area contributed by atoms with Crippen molar-refractivity contribution >= 4 is 0 Å². The summed E-state index contributed by atoms with van der Waals surface area (Å²) in [7, 11) is 3.24. The van der Waals surface area contributed by atoms with Crippen LogP contribution in [0.1, 0.15) is 26.5 Å². The standard InChI is InChI=1S/C13H21NO3/c1-13(2,3)11-7-6-10(12(14-11)16-5)17-9-8-15-4/h6-7H,8-9H2,1-5H3. The second-order valence-corrected chi connectivity index (χ2v) is 4.80. The molecule has 96 valence electrons. The number of rotatable bonds is 5. The van der Waals surface area contributed by atoms with E-state index >= 15 is 0 Å². The number of aromatic nitrogens is 1. The Bertz CT molecular complexity index is 358. The molecule has 0 saturated carbocycles. The summed E-state index contributed by atoms with van der Waals surface area (Å²) in [6.45, 7) is 7.37. The lowest BCUT2D eigenvalue weighted by Crippen LogP contribution is -2.14. The highest BCUT2D eigenvalue weighted by Gasteiger charge is 2.18. The Morgan fingerprint density at radius 3 is 2.35 bits per heavy atom. The van der Waals surface area contributed by atoms with E-state index < -0.39 is 0 Å². The third kappa shape index (κ3) is 3.89. The summed E-state index contributed by atoms with van der Waals surface area (Å²) in [5.74, 6) is 1.17. The molecule has 0 aliphatic heterocycles. The zero-order valence-electron chi connectivity index (χ0n) is 11.2. The molecule has 0 unspecified atom stereocenters. The largest absolute Gasteiger partial charge is 0.486 e. The predicted octanol–water partition coefficient (Wildman–Crippen LogP) is 2.41. The molecule has 0 saturated heterocycles. The van der Waals surface area contributed by atoms with Crippen LogP contribution in [-0.4, -0.2) is 32.4 Å². The molecule has 0 radical (unpaired) electrons. The molecule has 4 nitrogen and oxygen atoms in total. The highest BCUT2D eigenvalue weighted by Crippen LogP contribution is 2.29. The quantitative estimate of drug-likeness (QED) is 0.740. The summed E-state index contributed by atoms with van der Waals surface area (Å²) in [6, 6.07) is 3.85. The van der Waals surface area contributed by atoms with Gasteiger partial charge >= 0.3 is 0 Å². The van der Waals surface area contributed by atoms with Gasteiger partial charge in [0.1, 0.15) is 6.61 Å². The number of methoxy groups -OCH3 is 2. The topological polar surface area (TPSA) is 40.6 Å². The Morgan fingerprint density at radius 1 is 1.12 bits per heavy atom. The van der Waals surface area contributed by atoms with Crippen molar-refractivity contribution in [3.05, 3.63) is 17.8 Å². The Labute approximate surface area is 103 Å². The van der Waals surface area contributed by atoms with E-state index in [1.54, 1.807) is 14.2 Å². The van der Waals surface area contributed by atoms with E-state index in [1.807, 2.05) is 12.1 Å². The summed E-state index contributed by atoms with van der Waals surface area (Å²) in [4.78, 5) is 4.45. The van der Waals surface area contributed by atoms with Gasteiger partial charge in [0.05, 0.1) is 19.4 Å². The smallest absolute Gasteiger partial charge is 0.256 e. The first-order chi connectivity index (χ1) is 7.99. The van der Waals surface area contributed by atoms with Crippen molar-refractivity contribution in [3.63, 3.8) is 0 Å². The summed E-state index contributed by atoms with van der Waals surface area (Å²) in [5.41, 5.74) is 0.978. The van der Waals surface area contributed by atoms with Crippen LogP contribution in [0.4, 0.5) is 0 Å². The molecule has 0 spiro atoms. The third-order valence-corrected chi connectivity index (χ3v) is 2.33. The van der Waals surface area contributed by atoms with Crippen LogP contribution in [-0.2, 0) is 10.2 Å². The first-order valence-electron chi connectivity index (χ1n) is 5.66. The summed E-state index contributed by atoms with van der Waals surface area (Å²) in [5, 5.41) is 0. The van der Waals surface area contributed by atoms with Gasteiger partial charge in [0.15, 0.2) is 5.75 Å². The maximum atomic E-state index is 5.52. The van der Waals surface area contributed by atoms with Gasteiger partial charge in [-0.3, -0.25) is 0 Å². The molecule has 1 aromatic heterocycles. The minimum Gasteiger partial charge on any atom is -0.486 e. The first-order valence-corrected chi connectivity index (χ1v) is 5.66. The maximum Gasteiger partial charge on any atom is 0.256 e. The van der Waals surface area contributed by atoms with E-state index in [-0.39, 0.29) is 5.41 Å². The Hall–Kier alpha value is -1.29. The molecule has 0 amide bonds. The number of pyridine rings is 1. The molecule has 0 aromatic carbocycles. The van der Waals surface area contributed by atoms with Crippen LogP contribution < -0.4 is 9.47 Å². The van der Waals surface area contributed by atoms with Crippen molar-refractivity contribution in [2.75, 3.05) is 27.4 Å². The third-order valence-electron chi connectivity index (χ3n) is 2.33. The van der Waals surface area contributed by atoms with Crippen LogP contribution in [0.2, 0.25) is 0 Å². The lowest BCUT2D eigenvalue weighted by molar-refractivity contribution is 0.143. The highest BCUT2D eigenvalue weighted by molar-refractivity contribution is 5.36. The summed E-state index contributed by atoms with van der Waals surface area (Å²) >= 11 is 0. The minimum atomic E-state index is -0.00165. The number of ether oxygens (including phenoxy) is 3. The van der Waals surface area contributed by atoms with Gasteiger partial charge in [-0.15, -0.1) is 0 Å². The fourth-order valence-electron chi connectivity index (χ4n) is 1.34. The number of hydrogen-bond donors (Lipinski definition) is 0. The fourth-order valence-corrected chi connectivity index (χ4v) is 1.34. The van der Waals surface area contributed by atoms with Crippen molar-refractivity contribution < 1.29 is 14.2 Å². The van der Waals surface area contributed by atoms with E-state index in [0.29, 0.717) is 24.8 Å². The van der Waals surface area contributed by atoms with Crippen LogP contribution in [0.25, 0.3) is 0 Å². The van der Waals surface area contributed by atoms with Crippen LogP contribution in [0.3, 0.4) is 0 Å². The molecule has 4 heteroatoms. The first kappa shape index (κ1) is 13.8. The second kappa shape index (κ2) is 5.87.